The number of anilines is 1. The lowest BCUT2D eigenvalue weighted by Crippen LogP contribution is -2.54. The van der Waals surface area contributed by atoms with E-state index in [1.165, 1.54) is 11.3 Å². The second-order valence-electron chi connectivity index (χ2n) is 8.06. The van der Waals surface area contributed by atoms with Crippen molar-refractivity contribution < 1.29 is 23.1 Å². The Morgan fingerprint density at radius 3 is 2.49 bits per heavy atom. The van der Waals surface area contributed by atoms with E-state index >= 15 is 0 Å². The van der Waals surface area contributed by atoms with E-state index in [-0.39, 0.29) is 36.0 Å². The van der Waals surface area contributed by atoms with E-state index in [4.69, 9.17) is 16.3 Å². The van der Waals surface area contributed by atoms with Gasteiger partial charge in [-0.25, -0.2) is 18.6 Å². The van der Waals surface area contributed by atoms with Gasteiger partial charge in [0, 0.05) is 22.5 Å². The van der Waals surface area contributed by atoms with Gasteiger partial charge in [0.2, 0.25) is 0 Å². The molecule has 11 heteroatoms. The van der Waals surface area contributed by atoms with Crippen molar-refractivity contribution in [2.24, 2.45) is 0 Å². The molecule has 0 bridgehead atoms. The molecule has 0 unspecified atom stereocenters. The van der Waals surface area contributed by atoms with Gasteiger partial charge in [-0.1, -0.05) is 24.4 Å². The fourth-order valence-corrected chi connectivity index (χ4v) is 4.61. The molecule has 1 aromatic heterocycles. The molecule has 1 saturated carbocycles. The third kappa shape index (κ3) is 6.89. The molecule has 1 aliphatic carbocycles. The standard InChI is InChI=1S/C24H23ClF2N4O3S/c25-14-5-8-16(9-6-14)34-12-22-28-21(13-35-22)23(32)29-19-3-1-2-4-20(19)31-24(33)30-18-10-7-15(26)11-17(18)27/h5-11,13,19-20H,1-4,12H2,(H,29,32)(H2,30,31,33)/t19-,20-/m0/s1. The fraction of sp³-hybridized carbons (Fsp3) is 0.292. The minimum Gasteiger partial charge on any atom is -0.486 e. The summed E-state index contributed by atoms with van der Waals surface area (Å²) in [6.07, 6.45) is 3.11. The Morgan fingerprint density at radius 2 is 1.77 bits per heavy atom. The molecule has 1 heterocycles. The van der Waals surface area contributed by atoms with Crippen molar-refractivity contribution in [2.75, 3.05) is 5.32 Å². The Bertz CT molecular complexity index is 1190. The summed E-state index contributed by atoms with van der Waals surface area (Å²) >= 11 is 7.18. The van der Waals surface area contributed by atoms with Crippen LogP contribution in [-0.2, 0) is 6.61 Å². The smallest absolute Gasteiger partial charge is 0.319 e. The lowest BCUT2D eigenvalue weighted by molar-refractivity contribution is 0.0911. The highest BCUT2D eigenvalue weighted by Gasteiger charge is 2.29. The van der Waals surface area contributed by atoms with Crippen LogP contribution < -0.4 is 20.7 Å². The molecule has 0 saturated heterocycles. The predicted molar refractivity (Wildman–Crippen MR) is 130 cm³/mol. The van der Waals surface area contributed by atoms with Gasteiger partial charge in [0.15, 0.2) is 0 Å². The summed E-state index contributed by atoms with van der Waals surface area (Å²) in [5.41, 5.74) is 0.142. The van der Waals surface area contributed by atoms with Crippen molar-refractivity contribution in [1.29, 1.82) is 0 Å². The van der Waals surface area contributed by atoms with Gasteiger partial charge in [-0.2, -0.15) is 0 Å². The van der Waals surface area contributed by atoms with Crippen LogP contribution in [0.1, 0.15) is 41.2 Å². The molecule has 184 valence electrons. The van der Waals surface area contributed by atoms with Gasteiger partial charge in [0.25, 0.3) is 5.91 Å². The van der Waals surface area contributed by atoms with E-state index in [1.54, 1.807) is 29.6 Å². The number of benzene rings is 2. The topological polar surface area (TPSA) is 92.4 Å². The zero-order valence-electron chi connectivity index (χ0n) is 18.5. The van der Waals surface area contributed by atoms with Crippen LogP contribution in [0.15, 0.2) is 47.8 Å². The van der Waals surface area contributed by atoms with E-state index in [0.29, 0.717) is 34.7 Å². The lowest BCUT2D eigenvalue weighted by atomic mass is 9.90. The number of hydrogen-bond donors (Lipinski definition) is 3. The number of carbonyl (C=O) groups is 2. The zero-order chi connectivity index (χ0) is 24.8. The Labute approximate surface area is 209 Å². The largest absolute Gasteiger partial charge is 0.486 e. The number of nitrogens with one attached hydrogen (secondary N) is 3. The predicted octanol–water partition coefficient (Wildman–Crippen LogP) is 5.52. The van der Waals surface area contributed by atoms with Crippen LogP contribution in [-0.4, -0.2) is 29.0 Å². The molecular formula is C24H23ClF2N4O3S. The highest BCUT2D eigenvalue weighted by Crippen LogP contribution is 2.21. The van der Waals surface area contributed by atoms with Crippen LogP contribution in [0.4, 0.5) is 19.3 Å². The average molecular weight is 521 g/mol. The van der Waals surface area contributed by atoms with Gasteiger partial charge in [0.05, 0.1) is 11.7 Å². The number of amides is 3. The number of aromatic nitrogens is 1. The number of urea groups is 1. The first-order valence-corrected chi connectivity index (χ1v) is 12.3. The Balaban J connectivity index is 1.31. The molecule has 3 aromatic rings. The van der Waals surface area contributed by atoms with Crippen molar-refractivity contribution in [3.63, 3.8) is 0 Å². The highest BCUT2D eigenvalue weighted by atomic mass is 35.5. The molecule has 0 radical (unpaired) electrons. The number of thiazole rings is 1. The average Bonchev–Trinajstić information content (AvgIpc) is 3.31. The van der Waals surface area contributed by atoms with E-state index in [1.807, 2.05) is 0 Å². The van der Waals surface area contributed by atoms with E-state index < -0.39 is 17.7 Å². The first kappa shape index (κ1) is 24.9. The molecule has 3 N–H and O–H groups in total. The normalized spacial score (nSPS) is 17.5. The van der Waals surface area contributed by atoms with Gasteiger partial charge >= 0.3 is 6.03 Å². The van der Waals surface area contributed by atoms with Gasteiger partial charge in [-0.3, -0.25) is 4.79 Å². The van der Waals surface area contributed by atoms with E-state index in [0.717, 1.165) is 25.0 Å². The van der Waals surface area contributed by atoms with Crippen LogP contribution in [0.3, 0.4) is 0 Å². The number of carbonyl (C=O) groups excluding carboxylic acids is 2. The highest BCUT2D eigenvalue weighted by molar-refractivity contribution is 7.09. The number of halogens is 3. The van der Waals surface area contributed by atoms with Crippen LogP contribution in [0.25, 0.3) is 0 Å². The molecule has 1 fully saturated rings. The summed E-state index contributed by atoms with van der Waals surface area (Å²) in [5.74, 6) is -1.30. The summed E-state index contributed by atoms with van der Waals surface area (Å²) < 4.78 is 32.6. The summed E-state index contributed by atoms with van der Waals surface area (Å²) in [7, 11) is 0. The van der Waals surface area contributed by atoms with Crippen molar-refractivity contribution in [1.82, 2.24) is 15.6 Å². The maximum atomic E-state index is 13.8. The second kappa shape index (κ2) is 11.5. The fourth-order valence-electron chi connectivity index (χ4n) is 3.79. The maximum Gasteiger partial charge on any atom is 0.319 e. The number of rotatable bonds is 7. The van der Waals surface area contributed by atoms with Gasteiger partial charge < -0.3 is 20.7 Å². The van der Waals surface area contributed by atoms with Crippen molar-refractivity contribution in [3.8, 4) is 5.75 Å². The SMILES string of the molecule is O=C(Nc1ccc(F)cc1F)N[C@H]1CCCC[C@@H]1NC(=O)c1csc(COc2ccc(Cl)cc2)n1. The quantitative estimate of drug-likeness (QED) is 0.382. The summed E-state index contributed by atoms with van der Waals surface area (Å²) in [6, 6.07) is 8.58. The van der Waals surface area contributed by atoms with Crippen LogP contribution in [0, 0.1) is 11.6 Å². The van der Waals surface area contributed by atoms with Gasteiger partial charge in [-0.15, -0.1) is 11.3 Å². The molecular weight excluding hydrogens is 498 g/mol. The van der Waals surface area contributed by atoms with Crippen molar-refractivity contribution in [2.45, 2.75) is 44.4 Å². The first-order chi connectivity index (χ1) is 16.9. The van der Waals surface area contributed by atoms with Gasteiger partial charge in [-0.05, 0) is 49.2 Å². The summed E-state index contributed by atoms with van der Waals surface area (Å²) in [5, 5.41) is 11.0. The Kier molecular flexibility index (Phi) is 8.14. The molecule has 0 spiro atoms. The first-order valence-electron chi connectivity index (χ1n) is 11.0. The number of nitrogens with zero attached hydrogens (tertiary/aromatic N) is 1. The van der Waals surface area contributed by atoms with E-state index in [2.05, 4.69) is 20.9 Å². The Morgan fingerprint density at radius 1 is 1.06 bits per heavy atom. The molecule has 2 atom stereocenters. The zero-order valence-corrected chi connectivity index (χ0v) is 20.1. The minimum atomic E-state index is -0.868. The molecule has 7 nitrogen and oxygen atoms in total. The lowest BCUT2D eigenvalue weighted by Gasteiger charge is -2.32. The molecule has 3 amide bonds. The molecule has 1 aliphatic rings. The van der Waals surface area contributed by atoms with Crippen LogP contribution >= 0.6 is 22.9 Å². The number of hydrogen-bond acceptors (Lipinski definition) is 5. The summed E-state index contributed by atoms with van der Waals surface area (Å²) in [6.45, 7) is 0.216. The van der Waals surface area contributed by atoms with Crippen molar-refractivity contribution in [3.05, 3.63) is 75.2 Å². The molecule has 35 heavy (non-hydrogen) atoms. The third-order valence-electron chi connectivity index (χ3n) is 5.54. The van der Waals surface area contributed by atoms with Crippen molar-refractivity contribution >= 4 is 40.6 Å². The molecule has 4 rings (SSSR count). The second-order valence-corrected chi connectivity index (χ2v) is 9.44. The van der Waals surface area contributed by atoms with Crippen LogP contribution in [0.5, 0.6) is 5.75 Å². The summed E-state index contributed by atoms with van der Waals surface area (Å²) in [4.78, 5) is 29.6. The number of ether oxygens (including phenoxy) is 1. The maximum absolute atomic E-state index is 13.8. The minimum absolute atomic E-state index is 0.129. The monoisotopic (exact) mass is 520 g/mol. The van der Waals surface area contributed by atoms with E-state index in [9.17, 15) is 18.4 Å². The third-order valence-corrected chi connectivity index (χ3v) is 6.61. The molecule has 2 aromatic carbocycles. The molecule has 0 aliphatic heterocycles. The van der Waals surface area contributed by atoms with Gasteiger partial charge in [0.1, 0.15) is 34.7 Å². The van der Waals surface area contributed by atoms with Crippen LogP contribution in [0.2, 0.25) is 5.02 Å². The Hall–Kier alpha value is -3.24.